The Hall–Kier alpha value is -1.55. The van der Waals surface area contributed by atoms with E-state index in [-0.39, 0.29) is 17.8 Å². The second-order valence-electron chi connectivity index (χ2n) is 8.42. The van der Waals surface area contributed by atoms with Gasteiger partial charge in [-0.2, -0.15) is 0 Å². The summed E-state index contributed by atoms with van der Waals surface area (Å²) in [6.45, 7) is 2.39. The normalized spacial score (nSPS) is 16.0. The lowest BCUT2D eigenvalue weighted by molar-refractivity contribution is -0.275. The van der Waals surface area contributed by atoms with Crippen LogP contribution in [0.4, 0.5) is 13.2 Å². The van der Waals surface area contributed by atoms with Gasteiger partial charge in [-0.3, -0.25) is 4.57 Å². The molecule has 1 heterocycles. The molecule has 2 aromatic rings. The van der Waals surface area contributed by atoms with E-state index in [0.29, 0.717) is 48.9 Å². The third kappa shape index (κ3) is 9.44. The summed E-state index contributed by atoms with van der Waals surface area (Å²) < 4.78 is 63.8. The van der Waals surface area contributed by atoms with E-state index in [1.165, 1.54) is 23.4 Å². The standard InChI is InChI=1S/C24H31F3NO5PS/c25-24(26,27)33-21-15-19(16-28-12-6-13-32-34(29)30)9-10-22(21)35-14-5-4-11-23(17-31-18-23)20-7-2-1-3-8-20/h1-3,7-10,15,28,34H,4-6,11-14,16-18H2,(H,29,30). The van der Waals surface area contributed by atoms with Crippen LogP contribution in [0.1, 0.15) is 36.8 Å². The van der Waals surface area contributed by atoms with Gasteiger partial charge in [0.25, 0.3) is 0 Å². The van der Waals surface area contributed by atoms with Gasteiger partial charge in [-0.1, -0.05) is 42.8 Å². The highest BCUT2D eigenvalue weighted by Gasteiger charge is 2.39. The Morgan fingerprint density at radius 2 is 1.89 bits per heavy atom. The van der Waals surface area contributed by atoms with Crippen molar-refractivity contribution in [1.29, 1.82) is 0 Å². The van der Waals surface area contributed by atoms with Crippen LogP contribution in [-0.4, -0.2) is 43.4 Å². The van der Waals surface area contributed by atoms with Gasteiger partial charge in [0.15, 0.2) is 0 Å². The molecule has 6 nitrogen and oxygen atoms in total. The number of halogens is 3. The van der Waals surface area contributed by atoms with Crippen molar-refractivity contribution in [2.24, 2.45) is 0 Å². The fourth-order valence-corrected chi connectivity index (χ4v) is 5.21. The molecule has 1 aliphatic heterocycles. The van der Waals surface area contributed by atoms with E-state index in [4.69, 9.17) is 9.63 Å². The molecule has 0 bridgehead atoms. The number of hydrogen-bond acceptors (Lipinski definition) is 6. The Labute approximate surface area is 208 Å². The molecule has 1 saturated heterocycles. The van der Waals surface area contributed by atoms with Gasteiger partial charge in [-0.05, 0) is 54.8 Å². The summed E-state index contributed by atoms with van der Waals surface area (Å²) in [7, 11) is -2.94. The fourth-order valence-electron chi connectivity index (χ4n) is 3.92. The van der Waals surface area contributed by atoms with Crippen LogP contribution in [0.3, 0.4) is 0 Å². The molecular formula is C24H31F3NO5PS. The lowest BCUT2D eigenvalue weighted by atomic mass is 9.75. The largest absolute Gasteiger partial charge is 0.573 e. The lowest BCUT2D eigenvalue weighted by Crippen LogP contribution is -2.46. The fraction of sp³-hybridized carbons (Fsp3) is 0.500. The summed E-state index contributed by atoms with van der Waals surface area (Å²) in [6.07, 6.45) is -1.45. The monoisotopic (exact) mass is 533 g/mol. The Balaban J connectivity index is 1.48. The van der Waals surface area contributed by atoms with E-state index in [2.05, 4.69) is 26.7 Å². The summed E-state index contributed by atoms with van der Waals surface area (Å²) in [5.74, 6) is 0.489. The number of alkyl halides is 3. The molecule has 194 valence electrons. The molecule has 11 heteroatoms. The van der Waals surface area contributed by atoms with Crippen LogP contribution in [0.5, 0.6) is 5.75 Å². The first-order valence-electron chi connectivity index (χ1n) is 11.5. The maximum atomic E-state index is 13.0. The first-order chi connectivity index (χ1) is 16.8. The highest BCUT2D eigenvalue weighted by Crippen LogP contribution is 2.38. The highest BCUT2D eigenvalue weighted by molar-refractivity contribution is 7.99. The van der Waals surface area contributed by atoms with Crippen LogP contribution in [0, 0.1) is 0 Å². The zero-order chi connectivity index (χ0) is 25.2. The van der Waals surface area contributed by atoms with Gasteiger partial charge < -0.3 is 24.2 Å². The molecule has 1 unspecified atom stereocenters. The van der Waals surface area contributed by atoms with Crippen molar-refractivity contribution in [2.75, 3.05) is 32.1 Å². The maximum absolute atomic E-state index is 13.0. The zero-order valence-corrected chi connectivity index (χ0v) is 21.1. The Morgan fingerprint density at radius 1 is 1.11 bits per heavy atom. The van der Waals surface area contributed by atoms with Gasteiger partial charge in [0, 0.05) is 16.9 Å². The van der Waals surface area contributed by atoms with Gasteiger partial charge in [0.05, 0.1) is 19.8 Å². The Bertz CT molecular complexity index is 945. The van der Waals surface area contributed by atoms with Gasteiger partial charge in [-0.15, -0.1) is 24.9 Å². The molecule has 3 rings (SSSR count). The molecule has 2 N–H and O–H groups in total. The molecule has 1 atom stereocenters. The van der Waals surface area contributed by atoms with E-state index in [0.717, 1.165) is 19.3 Å². The van der Waals surface area contributed by atoms with Crippen LogP contribution in [0.15, 0.2) is 53.4 Å². The topological polar surface area (TPSA) is 77.0 Å². The number of rotatable bonds is 15. The molecular weight excluding hydrogens is 502 g/mol. The van der Waals surface area contributed by atoms with Crippen molar-refractivity contribution in [3.05, 3.63) is 59.7 Å². The van der Waals surface area contributed by atoms with Gasteiger partial charge in [0.1, 0.15) is 5.75 Å². The van der Waals surface area contributed by atoms with Crippen LogP contribution >= 0.6 is 20.0 Å². The van der Waals surface area contributed by atoms with E-state index >= 15 is 0 Å². The van der Waals surface area contributed by atoms with Crippen molar-refractivity contribution < 1.29 is 36.6 Å². The number of unbranched alkanes of at least 4 members (excludes halogenated alkanes) is 1. The predicted octanol–water partition coefficient (Wildman–Crippen LogP) is 5.69. The molecule has 2 aromatic carbocycles. The molecule has 0 aromatic heterocycles. The molecule has 35 heavy (non-hydrogen) atoms. The van der Waals surface area contributed by atoms with Crippen LogP contribution in [0.2, 0.25) is 0 Å². The van der Waals surface area contributed by atoms with E-state index < -0.39 is 14.6 Å². The third-order valence-electron chi connectivity index (χ3n) is 5.74. The maximum Gasteiger partial charge on any atom is 0.573 e. The Morgan fingerprint density at radius 3 is 2.54 bits per heavy atom. The first kappa shape index (κ1) is 28.0. The molecule has 0 saturated carbocycles. The molecule has 1 fully saturated rings. The number of nitrogens with one attached hydrogen (secondary N) is 1. The second kappa shape index (κ2) is 13.7. The minimum absolute atomic E-state index is 0.0491. The van der Waals surface area contributed by atoms with E-state index in [1.807, 2.05) is 18.2 Å². The predicted molar refractivity (Wildman–Crippen MR) is 130 cm³/mol. The Kier molecular flexibility index (Phi) is 10.9. The van der Waals surface area contributed by atoms with Crippen molar-refractivity contribution >= 4 is 20.0 Å². The average molecular weight is 534 g/mol. The van der Waals surface area contributed by atoms with Gasteiger partial charge >= 0.3 is 14.6 Å². The van der Waals surface area contributed by atoms with Crippen molar-refractivity contribution in [1.82, 2.24) is 5.32 Å². The number of ether oxygens (including phenoxy) is 2. The van der Waals surface area contributed by atoms with E-state index in [1.54, 1.807) is 12.1 Å². The minimum atomic E-state index is -4.77. The third-order valence-corrected chi connectivity index (χ3v) is 7.33. The van der Waals surface area contributed by atoms with Crippen molar-refractivity contribution in [3.63, 3.8) is 0 Å². The zero-order valence-electron chi connectivity index (χ0n) is 19.3. The molecule has 0 amide bonds. The highest BCUT2D eigenvalue weighted by atomic mass is 32.2. The quantitative estimate of drug-likeness (QED) is 0.173. The first-order valence-corrected chi connectivity index (χ1v) is 13.7. The summed E-state index contributed by atoms with van der Waals surface area (Å²) in [5.41, 5.74) is 1.98. The lowest BCUT2D eigenvalue weighted by Gasteiger charge is -2.42. The van der Waals surface area contributed by atoms with Crippen LogP contribution < -0.4 is 10.1 Å². The summed E-state index contributed by atoms with van der Waals surface area (Å²) in [4.78, 5) is 9.07. The average Bonchev–Trinajstić information content (AvgIpc) is 2.78. The summed E-state index contributed by atoms with van der Waals surface area (Å²) in [6, 6.07) is 15.1. The van der Waals surface area contributed by atoms with Crippen LogP contribution in [0.25, 0.3) is 0 Å². The smallest absolute Gasteiger partial charge is 0.405 e. The SMILES string of the molecule is O=[PH](O)OCCCNCc1ccc(SCCCCC2(c3ccccc3)COC2)c(OC(F)(F)F)c1. The van der Waals surface area contributed by atoms with E-state index in [9.17, 15) is 17.7 Å². The van der Waals surface area contributed by atoms with Gasteiger partial charge in [-0.25, -0.2) is 0 Å². The van der Waals surface area contributed by atoms with Crippen molar-refractivity contribution in [2.45, 2.75) is 48.9 Å². The molecule has 0 radical (unpaired) electrons. The second-order valence-corrected chi connectivity index (χ2v) is 10.4. The molecule has 0 aliphatic carbocycles. The minimum Gasteiger partial charge on any atom is -0.405 e. The molecule has 1 aliphatic rings. The number of hydrogen-bond donors (Lipinski definition) is 2. The number of benzene rings is 2. The summed E-state index contributed by atoms with van der Waals surface area (Å²) >= 11 is 1.36. The molecule has 0 spiro atoms. The summed E-state index contributed by atoms with van der Waals surface area (Å²) in [5, 5.41) is 3.08. The van der Waals surface area contributed by atoms with Gasteiger partial charge in [0.2, 0.25) is 0 Å². The van der Waals surface area contributed by atoms with Crippen molar-refractivity contribution in [3.8, 4) is 5.75 Å². The number of thioether (sulfide) groups is 1. The van der Waals surface area contributed by atoms with Crippen LogP contribution in [-0.2, 0) is 25.8 Å².